The maximum atomic E-state index is 13.6. The molecule has 4 aromatic rings. The molecule has 13 heteroatoms. The molecule has 0 atom stereocenters. The molecule has 0 aliphatic rings. The molecule has 0 radical (unpaired) electrons. The van der Waals surface area contributed by atoms with E-state index in [-0.39, 0.29) is 23.9 Å². The van der Waals surface area contributed by atoms with Gasteiger partial charge in [-0.15, -0.1) is 11.3 Å². The highest BCUT2D eigenvalue weighted by Gasteiger charge is 2.31. The summed E-state index contributed by atoms with van der Waals surface area (Å²) in [4.78, 5) is 21.9. The van der Waals surface area contributed by atoms with E-state index in [1.807, 2.05) is 30.3 Å². The number of carbonyl (C=O) groups is 1. The largest absolute Gasteiger partial charge is 0.416 e. The van der Waals surface area contributed by atoms with Gasteiger partial charge in [0.1, 0.15) is 4.88 Å². The molecule has 0 fully saturated rings. The molecule has 0 spiro atoms. The summed E-state index contributed by atoms with van der Waals surface area (Å²) < 4.78 is 45.8. The highest BCUT2D eigenvalue weighted by Crippen LogP contribution is 2.34. The molecule has 0 bridgehead atoms. The Labute approximate surface area is 226 Å². The third kappa shape index (κ3) is 7.22. The van der Waals surface area contributed by atoms with Gasteiger partial charge in [-0.3, -0.25) is 15.2 Å². The monoisotopic (exact) mass is 557 g/mol. The van der Waals surface area contributed by atoms with Crippen LogP contribution in [0.5, 0.6) is 0 Å². The van der Waals surface area contributed by atoms with Crippen molar-refractivity contribution in [2.75, 3.05) is 36.2 Å². The Hall–Kier alpha value is -4.20. The molecule has 0 aliphatic carbocycles. The summed E-state index contributed by atoms with van der Waals surface area (Å²) in [6, 6.07) is 14.5. The van der Waals surface area contributed by atoms with Crippen molar-refractivity contribution in [3.8, 4) is 0 Å². The van der Waals surface area contributed by atoms with E-state index in [9.17, 15) is 18.0 Å². The van der Waals surface area contributed by atoms with Gasteiger partial charge in [-0.1, -0.05) is 18.2 Å². The number of hydrogen-bond donors (Lipinski definition) is 5. The summed E-state index contributed by atoms with van der Waals surface area (Å²) in [5.74, 6) is 4.93. The number of para-hydroxylation sites is 1. The second kappa shape index (κ2) is 12.6. The van der Waals surface area contributed by atoms with Crippen LogP contribution in [0, 0.1) is 0 Å². The smallest absolute Gasteiger partial charge is 0.383 e. The van der Waals surface area contributed by atoms with Crippen molar-refractivity contribution in [3.05, 3.63) is 82.2 Å². The molecule has 4 rings (SSSR count). The number of carbonyl (C=O) groups excluding carboxylic acids is 1. The second-order valence-electron chi connectivity index (χ2n) is 8.25. The lowest BCUT2D eigenvalue weighted by atomic mass is 10.1. The van der Waals surface area contributed by atoms with Gasteiger partial charge in [-0.25, -0.2) is 10.8 Å². The second-order valence-corrected chi connectivity index (χ2v) is 9.16. The number of rotatable bonds is 9. The average Bonchev–Trinajstić information content (AvgIpc) is 3.40. The standard InChI is InChI=1S/C26H26F3N7O2S/c1-38-10-9-32-25(36-30)35-19-13-17(26(27,28)29)12-18(14-19)34-24(37)23-22(7-11-39-23)33-15-16-6-8-31-21-5-3-2-4-20(16)21/h2-8,11-14,33H,9-10,15,30H2,1H3,(H,34,37)(H2,32,35,36). The van der Waals surface area contributed by atoms with Gasteiger partial charge >= 0.3 is 6.18 Å². The number of pyridine rings is 1. The van der Waals surface area contributed by atoms with Crippen LogP contribution in [0.25, 0.3) is 10.9 Å². The van der Waals surface area contributed by atoms with Gasteiger partial charge in [0.2, 0.25) is 5.96 Å². The number of aromatic nitrogens is 1. The number of amides is 1. The summed E-state index contributed by atoms with van der Waals surface area (Å²) in [6.45, 7) is 0.954. The molecular formula is C26H26F3N7O2S. The molecule has 2 heterocycles. The molecule has 0 saturated carbocycles. The molecule has 39 heavy (non-hydrogen) atoms. The summed E-state index contributed by atoms with van der Waals surface area (Å²) in [5.41, 5.74) is 3.73. The van der Waals surface area contributed by atoms with Gasteiger partial charge in [0.15, 0.2) is 0 Å². The maximum absolute atomic E-state index is 13.6. The van der Waals surface area contributed by atoms with Crippen molar-refractivity contribution in [1.82, 2.24) is 10.4 Å². The summed E-state index contributed by atoms with van der Waals surface area (Å²) in [6.07, 6.45) is -2.93. The molecule has 1 amide bonds. The Morgan fingerprint density at radius 2 is 1.87 bits per heavy atom. The van der Waals surface area contributed by atoms with Crippen molar-refractivity contribution in [1.29, 1.82) is 0 Å². The Morgan fingerprint density at radius 1 is 1.10 bits per heavy atom. The van der Waals surface area contributed by atoms with E-state index < -0.39 is 17.6 Å². The predicted octanol–water partition coefficient (Wildman–Crippen LogP) is 5.06. The van der Waals surface area contributed by atoms with Gasteiger partial charge in [-0.05, 0) is 47.3 Å². The number of thiophene rings is 1. The zero-order chi connectivity index (χ0) is 27.8. The molecule has 2 aromatic heterocycles. The Bertz CT molecular complexity index is 1470. The number of nitrogens with two attached hydrogens (primary N) is 1. The fraction of sp³-hybridized carbons (Fsp3) is 0.192. The molecule has 9 nitrogen and oxygen atoms in total. The Morgan fingerprint density at radius 3 is 2.62 bits per heavy atom. The van der Waals surface area contributed by atoms with Gasteiger partial charge in [0, 0.05) is 36.6 Å². The lowest BCUT2D eigenvalue weighted by Gasteiger charge is -2.15. The first kappa shape index (κ1) is 27.8. The van der Waals surface area contributed by atoms with Crippen LogP contribution in [0.2, 0.25) is 0 Å². The normalized spacial score (nSPS) is 11.9. The van der Waals surface area contributed by atoms with Crippen LogP contribution in [0.15, 0.2) is 71.2 Å². The predicted molar refractivity (Wildman–Crippen MR) is 148 cm³/mol. The van der Waals surface area contributed by atoms with Crippen LogP contribution in [0.4, 0.5) is 30.2 Å². The van der Waals surface area contributed by atoms with Gasteiger partial charge in [0.05, 0.1) is 29.9 Å². The lowest BCUT2D eigenvalue weighted by Crippen LogP contribution is -2.36. The van der Waals surface area contributed by atoms with Crippen molar-refractivity contribution >= 4 is 51.2 Å². The molecule has 0 saturated heterocycles. The Kier molecular flexibility index (Phi) is 8.96. The number of guanidine groups is 1. The van der Waals surface area contributed by atoms with E-state index in [1.165, 1.54) is 24.5 Å². The highest BCUT2D eigenvalue weighted by molar-refractivity contribution is 7.12. The third-order valence-electron chi connectivity index (χ3n) is 5.56. The van der Waals surface area contributed by atoms with Crippen LogP contribution < -0.4 is 27.2 Å². The minimum atomic E-state index is -4.65. The molecule has 2 aromatic carbocycles. The topological polar surface area (TPSA) is 126 Å². The van der Waals surface area contributed by atoms with Crippen molar-refractivity contribution < 1.29 is 22.7 Å². The van der Waals surface area contributed by atoms with E-state index in [2.05, 4.69) is 31.4 Å². The van der Waals surface area contributed by atoms with E-state index in [0.717, 1.165) is 28.6 Å². The first-order valence-electron chi connectivity index (χ1n) is 11.7. The van der Waals surface area contributed by atoms with E-state index in [1.54, 1.807) is 17.6 Å². The molecule has 0 aliphatic heterocycles. The number of anilines is 3. The van der Waals surface area contributed by atoms with Gasteiger partial charge in [-0.2, -0.15) is 13.2 Å². The van der Waals surface area contributed by atoms with Crippen LogP contribution >= 0.6 is 11.3 Å². The van der Waals surface area contributed by atoms with Crippen LogP contribution in [0.1, 0.15) is 20.8 Å². The maximum Gasteiger partial charge on any atom is 0.416 e. The molecular weight excluding hydrogens is 531 g/mol. The average molecular weight is 558 g/mol. The van der Waals surface area contributed by atoms with Crippen molar-refractivity contribution in [2.24, 2.45) is 10.8 Å². The van der Waals surface area contributed by atoms with Gasteiger partial charge in [0.25, 0.3) is 5.91 Å². The first-order valence-corrected chi connectivity index (χ1v) is 12.6. The van der Waals surface area contributed by atoms with E-state index >= 15 is 0 Å². The zero-order valence-corrected chi connectivity index (χ0v) is 21.6. The number of ether oxygens (including phenoxy) is 1. The van der Waals surface area contributed by atoms with Crippen LogP contribution in [0.3, 0.4) is 0 Å². The SMILES string of the molecule is COCCN=C(NN)Nc1cc(NC(=O)c2sccc2NCc2ccnc3ccccc23)cc(C(F)(F)F)c1. The summed E-state index contributed by atoms with van der Waals surface area (Å²) in [5, 5.41) is 11.3. The minimum Gasteiger partial charge on any atom is -0.383 e. The summed E-state index contributed by atoms with van der Waals surface area (Å²) in [7, 11) is 1.50. The fourth-order valence-corrected chi connectivity index (χ4v) is 4.52. The number of fused-ring (bicyclic) bond motifs is 1. The Balaban J connectivity index is 1.53. The van der Waals surface area contributed by atoms with Crippen LogP contribution in [-0.2, 0) is 17.5 Å². The fourth-order valence-electron chi connectivity index (χ4n) is 3.75. The van der Waals surface area contributed by atoms with Crippen molar-refractivity contribution in [3.63, 3.8) is 0 Å². The number of methoxy groups -OCH3 is 1. The first-order chi connectivity index (χ1) is 18.8. The van der Waals surface area contributed by atoms with E-state index in [0.29, 0.717) is 23.7 Å². The quantitative estimate of drug-likeness (QED) is 0.0641. The zero-order valence-electron chi connectivity index (χ0n) is 20.8. The number of aliphatic imine (C=N–C) groups is 1. The third-order valence-corrected chi connectivity index (χ3v) is 6.48. The number of nitrogens with one attached hydrogen (secondary N) is 4. The number of hydrogen-bond acceptors (Lipinski definition) is 7. The van der Waals surface area contributed by atoms with Crippen LogP contribution in [-0.4, -0.2) is 37.1 Å². The molecule has 6 N–H and O–H groups in total. The van der Waals surface area contributed by atoms with Crippen molar-refractivity contribution in [2.45, 2.75) is 12.7 Å². The van der Waals surface area contributed by atoms with E-state index in [4.69, 9.17) is 10.6 Å². The molecule has 0 unspecified atom stereocenters. The minimum absolute atomic E-state index is 0.0309. The number of halogens is 3. The number of benzene rings is 2. The number of alkyl halides is 3. The van der Waals surface area contributed by atoms with Gasteiger partial charge < -0.3 is 20.7 Å². The summed E-state index contributed by atoms with van der Waals surface area (Å²) >= 11 is 1.17. The number of hydrazine groups is 1. The number of nitrogens with zero attached hydrogens (tertiary/aromatic N) is 2. The lowest BCUT2D eigenvalue weighted by molar-refractivity contribution is -0.137. The highest BCUT2D eigenvalue weighted by atomic mass is 32.1. The molecule has 204 valence electrons.